The molecule has 1 aliphatic rings. The van der Waals surface area contributed by atoms with Gasteiger partial charge in [-0.2, -0.15) is 0 Å². The van der Waals surface area contributed by atoms with E-state index in [0.717, 1.165) is 18.9 Å². The van der Waals surface area contributed by atoms with E-state index in [1.807, 2.05) is 12.1 Å². The van der Waals surface area contributed by atoms with Crippen LogP contribution in [0.5, 0.6) is 0 Å². The van der Waals surface area contributed by atoms with Gasteiger partial charge in [-0.3, -0.25) is 4.79 Å². The van der Waals surface area contributed by atoms with Crippen molar-refractivity contribution in [3.8, 4) is 0 Å². The molecule has 2 rings (SSSR count). The minimum atomic E-state index is 0.156. The van der Waals surface area contributed by atoms with Crippen molar-refractivity contribution in [2.75, 3.05) is 6.54 Å². The van der Waals surface area contributed by atoms with Gasteiger partial charge in [0.15, 0.2) is 0 Å². The Balaban J connectivity index is 1.69. The van der Waals surface area contributed by atoms with Crippen LogP contribution in [0, 0.1) is 12.8 Å². The number of carbonyl (C=O) groups excluding carboxylic acids is 1. The lowest BCUT2D eigenvalue weighted by Gasteiger charge is -2.10. The van der Waals surface area contributed by atoms with E-state index in [9.17, 15) is 4.79 Å². The van der Waals surface area contributed by atoms with Crippen LogP contribution in [0.1, 0.15) is 30.4 Å². The highest BCUT2D eigenvalue weighted by Crippen LogP contribution is 2.36. The molecule has 2 nitrogen and oxygen atoms in total. The zero-order valence-electron chi connectivity index (χ0n) is 10.8. The molecule has 98 valence electrons. The van der Waals surface area contributed by atoms with Crippen LogP contribution in [0.15, 0.2) is 24.3 Å². The van der Waals surface area contributed by atoms with Crippen molar-refractivity contribution in [2.24, 2.45) is 5.92 Å². The van der Waals surface area contributed by atoms with Crippen LogP contribution in [-0.2, 0) is 11.2 Å². The van der Waals surface area contributed by atoms with Gasteiger partial charge in [-0.1, -0.05) is 40.2 Å². The maximum atomic E-state index is 11.7. The Kier molecular flexibility index (Phi) is 4.81. The van der Waals surface area contributed by atoms with Crippen LogP contribution >= 0.6 is 15.9 Å². The second-order valence-corrected chi connectivity index (χ2v) is 6.26. The third-order valence-electron chi connectivity index (χ3n) is 3.51. The van der Waals surface area contributed by atoms with E-state index in [2.05, 4.69) is 40.3 Å². The van der Waals surface area contributed by atoms with Gasteiger partial charge < -0.3 is 5.32 Å². The predicted octanol–water partition coefficient (Wildman–Crippen LogP) is 3.22. The normalized spacial score (nSPS) is 16.3. The summed E-state index contributed by atoms with van der Waals surface area (Å²) in [5.74, 6) is 0.935. The molecule has 0 spiro atoms. The Labute approximate surface area is 117 Å². The summed E-state index contributed by atoms with van der Waals surface area (Å²) in [5, 5.41) is 3.01. The second kappa shape index (κ2) is 6.37. The Bertz CT molecular complexity index is 415. The molecule has 1 aromatic rings. The lowest BCUT2D eigenvalue weighted by Crippen LogP contribution is -2.30. The summed E-state index contributed by atoms with van der Waals surface area (Å²) in [7, 11) is 0. The van der Waals surface area contributed by atoms with Gasteiger partial charge in [0.05, 0.1) is 0 Å². The first-order chi connectivity index (χ1) is 8.66. The molecule has 0 radical (unpaired) electrons. The monoisotopic (exact) mass is 309 g/mol. The highest BCUT2D eigenvalue weighted by molar-refractivity contribution is 9.09. The fourth-order valence-corrected chi connectivity index (χ4v) is 2.75. The van der Waals surface area contributed by atoms with E-state index >= 15 is 0 Å². The molecule has 1 fully saturated rings. The van der Waals surface area contributed by atoms with E-state index in [1.54, 1.807) is 0 Å². The smallest absolute Gasteiger partial charge is 0.220 e. The van der Waals surface area contributed by atoms with E-state index in [-0.39, 0.29) is 5.91 Å². The largest absolute Gasteiger partial charge is 0.355 e. The molecule has 0 saturated heterocycles. The number of amides is 1. The van der Waals surface area contributed by atoms with Crippen LogP contribution in [0.2, 0.25) is 0 Å². The summed E-state index contributed by atoms with van der Waals surface area (Å²) in [6.07, 6.45) is 4.01. The first-order valence-electron chi connectivity index (χ1n) is 6.62. The van der Waals surface area contributed by atoms with Gasteiger partial charge in [-0.15, -0.1) is 0 Å². The van der Waals surface area contributed by atoms with Crippen molar-refractivity contribution in [1.29, 1.82) is 0 Å². The Hall–Kier alpha value is -0.830. The SMILES string of the molecule is Cc1ccccc1CCC(=O)NCC(Br)C1CC1. The lowest BCUT2D eigenvalue weighted by atomic mass is 10.0. The molecule has 1 atom stereocenters. The number of hydrogen-bond donors (Lipinski definition) is 1. The fourth-order valence-electron chi connectivity index (χ4n) is 2.06. The summed E-state index contributed by atoms with van der Waals surface area (Å²) in [6, 6.07) is 8.25. The minimum absolute atomic E-state index is 0.156. The topological polar surface area (TPSA) is 29.1 Å². The molecule has 1 amide bonds. The van der Waals surface area contributed by atoms with Crippen molar-refractivity contribution < 1.29 is 4.79 Å². The van der Waals surface area contributed by atoms with Crippen molar-refractivity contribution in [3.05, 3.63) is 35.4 Å². The van der Waals surface area contributed by atoms with Gasteiger partial charge in [0.25, 0.3) is 0 Å². The number of rotatable bonds is 6. The molecule has 0 aliphatic heterocycles. The van der Waals surface area contributed by atoms with Crippen molar-refractivity contribution in [1.82, 2.24) is 5.32 Å². The number of aryl methyl sites for hydroxylation is 2. The maximum Gasteiger partial charge on any atom is 0.220 e. The number of halogens is 1. The number of benzene rings is 1. The molecule has 0 heterocycles. The molecular formula is C15H20BrNO. The zero-order chi connectivity index (χ0) is 13.0. The highest BCUT2D eigenvalue weighted by Gasteiger charge is 2.29. The standard InChI is InChI=1S/C15H20BrNO/c1-11-4-2-3-5-12(11)8-9-15(18)17-10-14(16)13-6-7-13/h2-5,13-14H,6-10H2,1H3,(H,17,18). The number of hydrogen-bond acceptors (Lipinski definition) is 1. The van der Waals surface area contributed by atoms with Gasteiger partial charge in [-0.25, -0.2) is 0 Å². The van der Waals surface area contributed by atoms with Crippen LogP contribution in [0.4, 0.5) is 0 Å². The van der Waals surface area contributed by atoms with Gasteiger partial charge in [-0.05, 0) is 43.2 Å². The average Bonchev–Trinajstić information content (AvgIpc) is 3.19. The van der Waals surface area contributed by atoms with E-state index in [1.165, 1.54) is 24.0 Å². The lowest BCUT2D eigenvalue weighted by molar-refractivity contribution is -0.121. The quantitative estimate of drug-likeness (QED) is 0.803. The molecular weight excluding hydrogens is 290 g/mol. The number of nitrogens with one attached hydrogen (secondary N) is 1. The Morgan fingerprint density at radius 2 is 2.17 bits per heavy atom. The van der Waals surface area contributed by atoms with Crippen molar-refractivity contribution >= 4 is 21.8 Å². The third-order valence-corrected chi connectivity index (χ3v) is 4.58. The van der Waals surface area contributed by atoms with Crippen LogP contribution in [0.25, 0.3) is 0 Å². The number of alkyl halides is 1. The first kappa shape index (κ1) is 13.6. The van der Waals surface area contributed by atoms with Gasteiger partial charge in [0.2, 0.25) is 5.91 Å². The van der Waals surface area contributed by atoms with E-state index < -0.39 is 0 Å². The Morgan fingerprint density at radius 3 is 2.83 bits per heavy atom. The molecule has 0 bridgehead atoms. The molecule has 0 aromatic heterocycles. The summed E-state index contributed by atoms with van der Waals surface area (Å²) in [4.78, 5) is 12.2. The highest BCUT2D eigenvalue weighted by atomic mass is 79.9. The van der Waals surface area contributed by atoms with Crippen molar-refractivity contribution in [3.63, 3.8) is 0 Å². The first-order valence-corrected chi connectivity index (χ1v) is 7.53. The average molecular weight is 310 g/mol. The summed E-state index contributed by atoms with van der Waals surface area (Å²) >= 11 is 3.63. The maximum absolute atomic E-state index is 11.7. The van der Waals surface area contributed by atoms with Gasteiger partial charge in [0.1, 0.15) is 0 Å². The summed E-state index contributed by atoms with van der Waals surface area (Å²) in [5.41, 5.74) is 2.53. The zero-order valence-corrected chi connectivity index (χ0v) is 12.4. The van der Waals surface area contributed by atoms with Crippen LogP contribution < -0.4 is 5.32 Å². The molecule has 1 aliphatic carbocycles. The molecule has 1 saturated carbocycles. The molecule has 1 aromatic carbocycles. The molecule has 18 heavy (non-hydrogen) atoms. The van der Waals surface area contributed by atoms with Gasteiger partial charge >= 0.3 is 0 Å². The molecule has 3 heteroatoms. The van der Waals surface area contributed by atoms with Gasteiger partial charge in [0, 0.05) is 17.8 Å². The van der Waals surface area contributed by atoms with Crippen LogP contribution in [0.3, 0.4) is 0 Å². The summed E-state index contributed by atoms with van der Waals surface area (Å²) < 4.78 is 0. The summed E-state index contributed by atoms with van der Waals surface area (Å²) in [6.45, 7) is 2.85. The Morgan fingerprint density at radius 1 is 1.44 bits per heavy atom. The molecule has 1 N–H and O–H groups in total. The van der Waals surface area contributed by atoms with Crippen molar-refractivity contribution in [2.45, 2.75) is 37.4 Å². The molecule has 1 unspecified atom stereocenters. The van der Waals surface area contributed by atoms with E-state index in [0.29, 0.717) is 11.2 Å². The number of carbonyl (C=O) groups is 1. The predicted molar refractivity (Wildman–Crippen MR) is 77.9 cm³/mol. The minimum Gasteiger partial charge on any atom is -0.355 e. The fraction of sp³-hybridized carbons (Fsp3) is 0.533. The van der Waals surface area contributed by atoms with E-state index in [4.69, 9.17) is 0 Å². The van der Waals surface area contributed by atoms with Crippen LogP contribution in [-0.4, -0.2) is 17.3 Å². The third kappa shape index (κ3) is 4.13. The second-order valence-electron chi connectivity index (χ2n) is 5.08.